The summed E-state index contributed by atoms with van der Waals surface area (Å²) in [6.07, 6.45) is 4.99. The van der Waals surface area contributed by atoms with Crippen molar-refractivity contribution in [3.05, 3.63) is 65.9 Å². The number of rotatable bonds is 5. The first-order chi connectivity index (χ1) is 14.0. The highest BCUT2D eigenvalue weighted by Crippen LogP contribution is 2.19. The van der Waals surface area contributed by atoms with E-state index < -0.39 is 0 Å². The summed E-state index contributed by atoms with van der Waals surface area (Å²) in [5, 5.41) is 11.4. The number of aromatic nitrogens is 6. The number of hydrogen-bond acceptors (Lipinski definition) is 7. The summed E-state index contributed by atoms with van der Waals surface area (Å²) >= 11 is 0. The van der Waals surface area contributed by atoms with Gasteiger partial charge in [0.25, 0.3) is 5.91 Å². The van der Waals surface area contributed by atoms with Crippen molar-refractivity contribution in [3.8, 4) is 11.4 Å². The van der Waals surface area contributed by atoms with Crippen molar-refractivity contribution in [1.29, 1.82) is 0 Å². The van der Waals surface area contributed by atoms with Gasteiger partial charge in [-0.15, -0.1) is 5.10 Å². The van der Waals surface area contributed by atoms with Crippen LogP contribution in [0.5, 0.6) is 0 Å². The molecular weight excluding hydrogens is 370 g/mol. The molecule has 0 aliphatic rings. The first kappa shape index (κ1) is 18.4. The number of aryl methyl sites for hydroxylation is 1. The van der Waals surface area contributed by atoms with Crippen LogP contribution in [0.1, 0.15) is 26.5 Å². The molecule has 29 heavy (non-hydrogen) atoms. The average Bonchev–Trinajstić information content (AvgIpc) is 3.19. The topological polar surface area (TPSA) is 116 Å². The normalized spacial score (nSPS) is 10.8. The number of fused-ring (bicyclic) bond motifs is 1. The van der Waals surface area contributed by atoms with E-state index in [4.69, 9.17) is 0 Å². The van der Waals surface area contributed by atoms with Gasteiger partial charge in [0.05, 0.1) is 29.5 Å². The van der Waals surface area contributed by atoms with Crippen LogP contribution in [0.4, 0.5) is 0 Å². The molecule has 1 amide bonds. The van der Waals surface area contributed by atoms with Crippen molar-refractivity contribution in [2.45, 2.75) is 6.42 Å². The smallest absolute Gasteiger partial charge is 0.269 e. The summed E-state index contributed by atoms with van der Waals surface area (Å²) in [6, 6.07) is 8.67. The predicted octanol–water partition coefficient (Wildman–Crippen LogP) is 1.61. The molecule has 4 rings (SSSR count). The Balaban J connectivity index is 1.57. The molecule has 0 bridgehead atoms. The van der Waals surface area contributed by atoms with E-state index in [2.05, 4.69) is 30.6 Å². The molecule has 0 saturated carbocycles. The zero-order valence-corrected chi connectivity index (χ0v) is 15.8. The molecule has 4 aromatic rings. The van der Waals surface area contributed by atoms with E-state index >= 15 is 0 Å². The van der Waals surface area contributed by atoms with Crippen molar-refractivity contribution in [3.63, 3.8) is 0 Å². The van der Waals surface area contributed by atoms with Crippen LogP contribution in [-0.2, 0) is 13.5 Å². The number of carbonyl (C=O) groups excluding carboxylic acids is 2. The summed E-state index contributed by atoms with van der Waals surface area (Å²) in [6.45, 7) is 0. The van der Waals surface area contributed by atoms with Crippen LogP contribution in [-0.4, -0.2) is 48.7 Å². The van der Waals surface area contributed by atoms with Crippen molar-refractivity contribution < 1.29 is 9.59 Å². The van der Waals surface area contributed by atoms with Gasteiger partial charge in [0.15, 0.2) is 5.78 Å². The van der Waals surface area contributed by atoms with Gasteiger partial charge in [-0.05, 0) is 30.3 Å². The number of ketones is 1. The maximum Gasteiger partial charge on any atom is 0.269 e. The molecule has 4 heterocycles. The number of nitrogens with zero attached hydrogens (tertiary/aromatic N) is 6. The number of carbonyl (C=O) groups is 2. The van der Waals surface area contributed by atoms with Crippen molar-refractivity contribution in [2.24, 2.45) is 7.05 Å². The van der Waals surface area contributed by atoms with E-state index in [1.165, 1.54) is 19.3 Å². The van der Waals surface area contributed by atoms with Gasteiger partial charge in [0, 0.05) is 37.4 Å². The standard InChI is InChI=1S/C20H17N7O2/c1-21-20(29)16-6-4-13(10-23-16)19(28)8-14-7-17-12(9-22-14)3-5-15(24-17)18-11-27(2)26-25-18/h3-7,9-11H,8H2,1-2H3,(H,21,29). The second kappa shape index (κ2) is 7.55. The second-order valence-electron chi connectivity index (χ2n) is 6.45. The Morgan fingerprint density at radius 3 is 2.62 bits per heavy atom. The molecule has 9 nitrogen and oxygen atoms in total. The Morgan fingerprint density at radius 1 is 1.07 bits per heavy atom. The Labute approximate surface area is 165 Å². The largest absolute Gasteiger partial charge is 0.354 e. The molecule has 4 aromatic heterocycles. The third-order valence-corrected chi connectivity index (χ3v) is 4.38. The van der Waals surface area contributed by atoms with Crippen LogP contribution in [0, 0.1) is 0 Å². The number of pyridine rings is 3. The minimum Gasteiger partial charge on any atom is -0.354 e. The molecule has 0 aromatic carbocycles. The van der Waals surface area contributed by atoms with Crippen molar-refractivity contribution >= 4 is 22.6 Å². The Kier molecular flexibility index (Phi) is 4.78. The highest BCUT2D eigenvalue weighted by molar-refractivity contribution is 5.98. The number of amides is 1. The van der Waals surface area contributed by atoms with Gasteiger partial charge in [-0.2, -0.15) is 0 Å². The zero-order valence-electron chi connectivity index (χ0n) is 15.8. The Hall–Kier alpha value is -4.01. The first-order valence-corrected chi connectivity index (χ1v) is 8.87. The molecule has 144 valence electrons. The molecule has 1 N–H and O–H groups in total. The summed E-state index contributed by atoms with van der Waals surface area (Å²) in [5.74, 6) is -0.442. The lowest BCUT2D eigenvalue weighted by atomic mass is 10.1. The lowest BCUT2D eigenvalue weighted by Gasteiger charge is -2.05. The lowest BCUT2D eigenvalue weighted by molar-refractivity contribution is 0.0953. The molecule has 0 fully saturated rings. The summed E-state index contributed by atoms with van der Waals surface area (Å²) in [5.41, 5.74) is 3.37. The number of Topliss-reactive ketones (excluding diaryl/α,β-unsaturated/α-hetero) is 1. The fourth-order valence-electron chi connectivity index (χ4n) is 2.85. The average molecular weight is 387 g/mol. The molecule has 0 radical (unpaired) electrons. The third kappa shape index (κ3) is 3.84. The number of hydrogen-bond donors (Lipinski definition) is 1. The van der Waals surface area contributed by atoms with E-state index in [9.17, 15) is 9.59 Å². The van der Waals surface area contributed by atoms with Gasteiger partial charge < -0.3 is 5.32 Å². The van der Waals surface area contributed by atoms with Gasteiger partial charge in [-0.3, -0.25) is 24.2 Å². The highest BCUT2D eigenvalue weighted by atomic mass is 16.1. The van der Waals surface area contributed by atoms with Crippen LogP contribution < -0.4 is 5.32 Å². The first-order valence-electron chi connectivity index (χ1n) is 8.87. The van der Waals surface area contributed by atoms with Crippen molar-refractivity contribution in [2.75, 3.05) is 7.05 Å². The monoisotopic (exact) mass is 387 g/mol. The minimum atomic E-state index is -0.301. The quantitative estimate of drug-likeness (QED) is 0.517. The van der Waals surface area contributed by atoms with Crippen LogP contribution in [0.3, 0.4) is 0 Å². The lowest BCUT2D eigenvalue weighted by Crippen LogP contribution is -2.19. The summed E-state index contributed by atoms with van der Waals surface area (Å²) in [7, 11) is 3.32. The SMILES string of the molecule is CNC(=O)c1ccc(C(=O)Cc2cc3nc(-c4cn(C)nn4)ccc3cn2)cn1. The maximum absolute atomic E-state index is 12.6. The summed E-state index contributed by atoms with van der Waals surface area (Å²) < 4.78 is 1.61. The molecule has 0 unspecified atom stereocenters. The predicted molar refractivity (Wildman–Crippen MR) is 105 cm³/mol. The third-order valence-electron chi connectivity index (χ3n) is 4.38. The van der Waals surface area contributed by atoms with Crippen LogP contribution >= 0.6 is 0 Å². The Bertz CT molecular complexity index is 1220. The van der Waals surface area contributed by atoms with E-state index in [0.29, 0.717) is 22.6 Å². The van der Waals surface area contributed by atoms with Gasteiger partial charge in [0.1, 0.15) is 11.4 Å². The zero-order chi connectivity index (χ0) is 20.4. The molecule has 0 atom stereocenters. The van der Waals surface area contributed by atoms with E-state index in [-0.39, 0.29) is 23.8 Å². The Morgan fingerprint density at radius 2 is 1.93 bits per heavy atom. The van der Waals surface area contributed by atoms with Gasteiger partial charge in [-0.25, -0.2) is 4.98 Å². The van der Waals surface area contributed by atoms with Gasteiger partial charge in [-0.1, -0.05) is 5.21 Å². The molecule has 0 aliphatic heterocycles. The van der Waals surface area contributed by atoms with Crippen LogP contribution in [0.15, 0.2) is 48.9 Å². The molecule has 9 heteroatoms. The minimum absolute atomic E-state index is 0.105. The molecule has 0 saturated heterocycles. The van der Waals surface area contributed by atoms with Crippen LogP contribution in [0.2, 0.25) is 0 Å². The fraction of sp³-hybridized carbons (Fsp3) is 0.150. The summed E-state index contributed by atoms with van der Waals surface area (Å²) in [4.78, 5) is 37.1. The maximum atomic E-state index is 12.6. The van der Waals surface area contributed by atoms with E-state index in [1.54, 1.807) is 36.3 Å². The number of nitrogens with one attached hydrogen (secondary N) is 1. The van der Waals surface area contributed by atoms with E-state index in [0.717, 1.165) is 10.9 Å². The van der Waals surface area contributed by atoms with Crippen LogP contribution in [0.25, 0.3) is 22.3 Å². The van der Waals surface area contributed by atoms with E-state index in [1.807, 2.05) is 12.1 Å². The highest BCUT2D eigenvalue weighted by Gasteiger charge is 2.12. The van der Waals surface area contributed by atoms with Gasteiger partial charge in [0.2, 0.25) is 0 Å². The molecular formula is C20H17N7O2. The van der Waals surface area contributed by atoms with Crippen molar-refractivity contribution in [1.82, 2.24) is 35.3 Å². The fourth-order valence-corrected chi connectivity index (χ4v) is 2.85. The molecule has 0 aliphatic carbocycles. The molecule has 0 spiro atoms. The van der Waals surface area contributed by atoms with Gasteiger partial charge >= 0.3 is 0 Å². The second-order valence-corrected chi connectivity index (χ2v) is 6.45.